The second kappa shape index (κ2) is 7.44. The van der Waals surface area contributed by atoms with Gasteiger partial charge in [-0.05, 0) is 58.8 Å². The first-order chi connectivity index (χ1) is 15.6. The summed E-state index contributed by atoms with van der Waals surface area (Å²) in [6, 6.07) is 25.2. The van der Waals surface area contributed by atoms with Crippen LogP contribution in [0.25, 0.3) is 10.8 Å². The summed E-state index contributed by atoms with van der Waals surface area (Å²) in [6.45, 7) is 0. The van der Waals surface area contributed by atoms with Crippen molar-refractivity contribution in [2.24, 2.45) is 5.10 Å². The van der Waals surface area contributed by atoms with Crippen molar-refractivity contribution in [2.75, 3.05) is 0 Å². The van der Waals surface area contributed by atoms with Crippen molar-refractivity contribution in [1.82, 2.24) is 5.01 Å². The molecule has 0 saturated heterocycles. The zero-order valence-electron chi connectivity index (χ0n) is 16.9. The van der Waals surface area contributed by atoms with Crippen molar-refractivity contribution in [2.45, 2.75) is 18.7 Å². The van der Waals surface area contributed by atoms with Gasteiger partial charge in [0.2, 0.25) is 6.23 Å². The van der Waals surface area contributed by atoms with Gasteiger partial charge in [0.05, 0.1) is 17.3 Å². The highest BCUT2D eigenvalue weighted by atomic mass is 35.5. The Bertz CT molecular complexity index is 1400. The van der Waals surface area contributed by atoms with Gasteiger partial charge < -0.3 is 9.84 Å². The van der Waals surface area contributed by atoms with E-state index in [0.29, 0.717) is 22.0 Å². The van der Waals surface area contributed by atoms with E-state index in [2.05, 4.69) is 30.3 Å². The van der Waals surface area contributed by atoms with Gasteiger partial charge in [0.25, 0.3) is 0 Å². The second-order valence-electron chi connectivity index (χ2n) is 8.06. The van der Waals surface area contributed by atoms with Crippen LogP contribution in [0.1, 0.15) is 35.4 Å². The van der Waals surface area contributed by atoms with E-state index in [0.717, 1.165) is 22.6 Å². The van der Waals surface area contributed by atoms with E-state index in [9.17, 15) is 5.11 Å². The van der Waals surface area contributed by atoms with Gasteiger partial charge in [0.1, 0.15) is 11.5 Å². The molecule has 1 N–H and O–H groups in total. The third-order valence-corrected chi connectivity index (χ3v) is 6.56. The molecule has 4 aromatic carbocycles. The molecule has 0 aromatic heterocycles. The van der Waals surface area contributed by atoms with Crippen molar-refractivity contribution < 1.29 is 9.84 Å². The van der Waals surface area contributed by atoms with Crippen molar-refractivity contribution >= 4 is 39.7 Å². The molecular weight excluding hydrogens is 443 g/mol. The first-order valence-corrected chi connectivity index (χ1v) is 11.1. The van der Waals surface area contributed by atoms with Crippen LogP contribution >= 0.6 is 23.2 Å². The van der Waals surface area contributed by atoms with Crippen molar-refractivity contribution in [3.05, 3.63) is 106 Å². The van der Waals surface area contributed by atoms with E-state index in [1.807, 2.05) is 35.3 Å². The molecule has 0 spiro atoms. The topological polar surface area (TPSA) is 45.1 Å². The number of ether oxygens (including phenoxy) is 1. The summed E-state index contributed by atoms with van der Waals surface area (Å²) in [7, 11) is 0. The number of hydrazone groups is 1. The number of nitrogens with zero attached hydrogens (tertiary/aromatic N) is 2. The van der Waals surface area contributed by atoms with Crippen LogP contribution in [0.2, 0.25) is 10.0 Å². The number of phenolic OH excluding ortho intramolecular Hbond substituents is 1. The lowest BCUT2D eigenvalue weighted by molar-refractivity contribution is -0.0203. The molecule has 0 bridgehead atoms. The van der Waals surface area contributed by atoms with Crippen LogP contribution in [0.15, 0.2) is 84.0 Å². The van der Waals surface area contributed by atoms with Gasteiger partial charge in [-0.3, -0.25) is 0 Å². The number of fused-ring (bicyclic) bond motifs is 4. The summed E-state index contributed by atoms with van der Waals surface area (Å²) in [4.78, 5) is 0. The first-order valence-electron chi connectivity index (χ1n) is 10.4. The molecule has 4 nitrogen and oxygen atoms in total. The average Bonchev–Trinajstić information content (AvgIpc) is 3.26. The second-order valence-corrected chi connectivity index (χ2v) is 8.94. The van der Waals surface area contributed by atoms with Gasteiger partial charge in [-0.2, -0.15) is 5.10 Å². The van der Waals surface area contributed by atoms with Gasteiger partial charge in [-0.25, -0.2) is 5.01 Å². The minimum atomic E-state index is -0.606. The highest BCUT2D eigenvalue weighted by Crippen LogP contribution is 2.49. The van der Waals surface area contributed by atoms with Crippen LogP contribution in [-0.2, 0) is 0 Å². The number of rotatable bonds is 2. The zero-order valence-corrected chi connectivity index (χ0v) is 18.4. The maximum atomic E-state index is 10.6. The van der Waals surface area contributed by atoms with Crippen LogP contribution < -0.4 is 4.74 Å². The minimum Gasteiger partial charge on any atom is -0.507 e. The Balaban J connectivity index is 1.48. The Labute approximate surface area is 195 Å². The monoisotopic (exact) mass is 460 g/mol. The molecule has 0 unspecified atom stereocenters. The van der Waals surface area contributed by atoms with E-state index in [4.69, 9.17) is 33.0 Å². The van der Waals surface area contributed by atoms with E-state index >= 15 is 0 Å². The summed E-state index contributed by atoms with van der Waals surface area (Å²) in [6.07, 6.45) is 0.0951. The van der Waals surface area contributed by atoms with Crippen LogP contribution in [0.5, 0.6) is 11.5 Å². The lowest BCUT2D eigenvalue weighted by atomic mass is 9.95. The minimum absolute atomic E-state index is 0.0673. The molecule has 2 aliphatic rings. The lowest BCUT2D eigenvalue weighted by Crippen LogP contribution is -2.33. The molecule has 2 aliphatic heterocycles. The predicted molar refractivity (Wildman–Crippen MR) is 128 cm³/mol. The van der Waals surface area contributed by atoms with Crippen molar-refractivity contribution in [1.29, 1.82) is 0 Å². The Morgan fingerprint density at radius 3 is 2.44 bits per heavy atom. The Hall–Kier alpha value is -3.21. The van der Waals surface area contributed by atoms with Crippen molar-refractivity contribution in [3.8, 4) is 11.5 Å². The normalized spacial score (nSPS) is 19.3. The fraction of sp³-hybridized carbons (Fsp3) is 0.115. The average molecular weight is 461 g/mol. The summed E-state index contributed by atoms with van der Waals surface area (Å²) in [5, 5.41) is 21.0. The third kappa shape index (κ3) is 3.19. The molecule has 158 valence electrons. The maximum absolute atomic E-state index is 10.6. The van der Waals surface area contributed by atoms with Crippen LogP contribution in [-0.4, -0.2) is 15.8 Å². The number of hydrogen-bond acceptors (Lipinski definition) is 4. The number of aromatic hydroxyl groups is 1. The Morgan fingerprint density at radius 1 is 0.844 bits per heavy atom. The van der Waals surface area contributed by atoms with E-state index < -0.39 is 6.23 Å². The van der Waals surface area contributed by atoms with Crippen LogP contribution in [0.4, 0.5) is 0 Å². The number of phenols is 1. The van der Waals surface area contributed by atoms with E-state index in [1.54, 1.807) is 18.2 Å². The van der Waals surface area contributed by atoms with Gasteiger partial charge in [-0.1, -0.05) is 59.6 Å². The SMILES string of the molecule is Oc1ccc(Cl)cc1[C@@H]1Oc2ccc(Cl)cc2[C@H]2CC(c3ccc4ccccc4c3)=NN21. The van der Waals surface area contributed by atoms with E-state index in [1.165, 1.54) is 10.8 Å². The Kier molecular flexibility index (Phi) is 4.53. The molecule has 2 atom stereocenters. The molecule has 0 amide bonds. The van der Waals surface area contributed by atoms with Gasteiger partial charge in [0, 0.05) is 22.0 Å². The Morgan fingerprint density at radius 2 is 1.59 bits per heavy atom. The third-order valence-electron chi connectivity index (χ3n) is 6.09. The molecule has 0 aliphatic carbocycles. The first kappa shape index (κ1) is 19.5. The standard InChI is InChI=1S/C26H18Cl2N2O2/c27-18-7-9-24(31)21(13-18)26-30-23(20-12-19(28)8-10-25(20)32-26)14-22(29-30)17-6-5-15-3-1-2-4-16(15)11-17/h1-13,23,26,31H,14H2/t23-,26+/m1/s1. The number of halogens is 2. The number of hydrogen-bond donors (Lipinski definition) is 1. The van der Waals surface area contributed by atoms with Crippen LogP contribution in [0.3, 0.4) is 0 Å². The quantitative estimate of drug-likeness (QED) is 0.347. The molecule has 32 heavy (non-hydrogen) atoms. The summed E-state index contributed by atoms with van der Waals surface area (Å²) >= 11 is 12.6. The molecule has 0 saturated carbocycles. The number of benzene rings is 4. The molecule has 0 fully saturated rings. The maximum Gasteiger partial charge on any atom is 0.217 e. The molecule has 2 heterocycles. The molecule has 6 heteroatoms. The summed E-state index contributed by atoms with van der Waals surface area (Å²) in [5.41, 5.74) is 3.58. The fourth-order valence-corrected chi connectivity index (χ4v) is 4.89. The summed E-state index contributed by atoms with van der Waals surface area (Å²) < 4.78 is 6.32. The predicted octanol–water partition coefficient (Wildman–Crippen LogP) is 7.09. The van der Waals surface area contributed by atoms with Crippen molar-refractivity contribution in [3.63, 3.8) is 0 Å². The molecule has 6 rings (SSSR count). The van der Waals surface area contributed by atoms with Gasteiger partial charge in [-0.15, -0.1) is 0 Å². The van der Waals surface area contributed by atoms with Crippen LogP contribution in [0, 0.1) is 0 Å². The lowest BCUT2D eigenvalue weighted by Gasteiger charge is -2.38. The highest BCUT2D eigenvalue weighted by molar-refractivity contribution is 6.31. The highest BCUT2D eigenvalue weighted by Gasteiger charge is 2.42. The fourth-order valence-electron chi connectivity index (χ4n) is 4.53. The van der Waals surface area contributed by atoms with Gasteiger partial charge in [0.15, 0.2) is 0 Å². The largest absolute Gasteiger partial charge is 0.507 e. The molecule has 4 aromatic rings. The van der Waals surface area contributed by atoms with E-state index in [-0.39, 0.29) is 11.8 Å². The molecular formula is C26H18Cl2N2O2. The zero-order chi connectivity index (χ0) is 21.8. The smallest absolute Gasteiger partial charge is 0.217 e. The molecule has 0 radical (unpaired) electrons. The van der Waals surface area contributed by atoms with Gasteiger partial charge >= 0.3 is 0 Å². The summed E-state index contributed by atoms with van der Waals surface area (Å²) in [5.74, 6) is 0.847.